The predicted octanol–water partition coefficient (Wildman–Crippen LogP) is 4.30. The van der Waals surface area contributed by atoms with Gasteiger partial charge in [-0.15, -0.1) is 0 Å². The van der Waals surface area contributed by atoms with Crippen LogP contribution in [0.4, 0.5) is 9.59 Å². The number of hydrogen-bond donors (Lipinski definition) is 2. The molecule has 0 saturated carbocycles. The minimum Gasteiger partial charge on any atom is -0.453 e. The summed E-state index contributed by atoms with van der Waals surface area (Å²) >= 11 is 3.43. The molecule has 2 heterocycles. The average molecular weight is 550 g/mol. The van der Waals surface area contributed by atoms with Gasteiger partial charge >= 0.3 is 12.2 Å². The zero-order valence-electron chi connectivity index (χ0n) is 20.8. The molecule has 3 rings (SSSR count). The first-order chi connectivity index (χ1) is 16.4. The van der Waals surface area contributed by atoms with Gasteiger partial charge in [-0.3, -0.25) is 9.69 Å². The molecule has 2 atom stereocenters. The zero-order chi connectivity index (χ0) is 25.9. The number of carbonyl (C=O) groups is 3. The highest BCUT2D eigenvalue weighted by Gasteiger charge is 2.43. The van der Waals surface area contributed by atoms with Crippen molar-refractivity contribution in [3.05, 3.63) is 40.8 Å². The third kappa shape index (κ3) is 6.53. The van der Waals surface area contributed by atoms with Gasteiger partial charge in [0.1, 0.15) is 23.5 Å². The van der Waals surface area contributed by atoms with Crippen LogP contribution in [0.3, 0.4) is 0 Å². The quantitative estimate of drug-likeness (QED) is 0.574. The van der Waals surface area contributed by atoms with Crippen LogP contribution in [0.15, 0.2) is 34.9 Å². The number of carbonyl (C=O) groups excluding carboxylic acids is 3. The number of rotatable bonds is 5. The number of imidazole rings is 1. The maximum absolute atomic E-state index is 13.6. The van der Waals surface area contributed by atoms with Crippen molar-refractivity contribution in [1.82, 2.24) is 25.1 Å². The van der Waals surface area contributed by atoms with E-state index in [0.717, 1.165) is 10.0 Å². The van der Waals surface area contributed by atoms with Crippen molar-refractivity contribution >= 4 is 34.0 Å². The number of alkyl carbamates (subject to hydrolysis) is 1. The molecule has 0 spiro atoms. The van der Waals surface area contributed by atoms with Gasteiger partial charge < -0.3 is 24.7 Å². The lowest BCUT2D eigenvalue weighted by Crippen LogP contribution is -2.51. The van der Waals surface area contributed by atoms with E-state index >= 15 is 0 Å². The molecule has 0 radical (unpaired) electrons. The molecule has 1 fully saturated rings. The summed E-state index contributed by atoms with van der Waals surface area (Å²) in [6.45, 7) is 9.20. The molecule has 0 bridgehead atoms. The number of nitrogens with one attached hydrogen (secondary N) is 2. The third-order valence-corrected chi connectivity index (χ3v) is 6.00. The van der Waals surface area contributed by atoms with E-state index in [4.69, 9.17) is 14.5 Å². The Bertz CT molecular complexity index is 1060. The zero-order valence-corrected chi connectivity index (χ0v) is 22.4. The van der Waals surface area contributed by atoms with Gasteiger partial charge in [-0.2, -0.15) is 0 Å². The molecule has 2 aromatic rings. The lowest BCUT2D eigenvalue weighted by atomic mass is 10.0. The fourth-order valence-corrected chi connectivity index (χ4v) is 3.98. The molecule has 11 heteroatoms. The number of ether oxygens (including phenoxy) is 2. The van der Waals surface area contributed by atoms with Crippen molar-refractivity contribution in [2.45, 2.75) is 52.3 Å². The molecule has 1 aromatic heterocycles. The predicted molar refractivity (Wildman–Crippen MR) is 133 cm³/mol. The number of methoxy groups -OCH3 is 1. The largest absolute Gasteiger partial charge is 0.453 e. The molecule has 0 unspecified atom stereocenters. The van der Waals surface area contributed by atoms with Crippen molar-refractivity contribution in [3.8, 4) is 11.3 Å². The molecule has 1 aliphatic rings. The van der Waals surface area contributed by atoms with Gasteiger partial charge in [0.05, 0.1) is 26.0 Å². The molecular weight excluding hydrogens is 518 g/mol. The standard InChI is InChI=1S/C24H32BrN5O5/c1-14(2)19(28-22(32)34-6)21(31)30-13-29(23(33)35-24(3,4)5)12-18(30)20-26-11-17(27-20)15-7-9-16(25)10-8-15/h7-11,14,18-19H,12-13H2,1-6H3,(H,26,27)(H,28,32)/t18-,19-/m0/s1. The molecule has 2 N–H and O–H groups in total. The van der Waals surface area contributed by atoms with Crippen molar-refractivity contribution < 1.29 is 23.9 Å². The van der Waals surface area contributed by atoms with Gasteiger partial charge in [-0.05, 0) is 38.8 Å². The van der Waals surface area contributed by atoms with Crippen molar-refractivity contribution in [2.75, 3.05) is 20.3 Å². The second kappa shape index (κ2) is 10.7. The van der Waals surface area contributed by atoms with E-state index in [0.29, 0.717) is 11.5 Å². The Morgan fingerprint density at radius 2 is 1.86 bits per heavy atom. The van der Waals surface area contributed by atoms with Gasteiger partial charge in [0.2, 0.25) is 5.91 Å². The van der Waals surface area contributed by atoms with E-state index in [9.17, 15) is 14.4 Å². The minimum absolute atomic E-state index is 0.00119. The van der Waals surface area contributed by atoms with Crippen LogP contribution in [0, 0.1) is 5.92 Å². The van der Waals surface area contributed by atoms with Gasteiger partial charge in [0, 0.05) is 16.2 Å². The first-order valence-electron chi connectivity index (χ1n) is 11.3. The van der Waals surface area contributed by atoms with Crippen molar-refractivity contribution in [3.63, 3.8) is 0 Å². The summed E-state index contributed by atoms with van der Waals surface area (Å²) in [5.41, 5.74) is 0.933. The van der Waals surface area contributed by atoms with E-state index in [1.807, 2.05) is 38.1 Å². The Morgan fingerprint density at radius 1 is 1.20 bits per heavy atom. The first-order valence-corrected chi connectivity index (χ1v) is 12.1. The summed E-state index contributed by atoms with van der Waals surface area (Å²) in [5, 5.41) is 2.61. The highest BCUT2D eigenvalue weighted by Crippen LogP contribution is 2.31. The molecule has 1 aliphatic heterocycles. The summed E-state index contributed by atoms with van der Waals surface area (Å²) in [6.07, 6.45) is 0.538. The fraction of sp³-hybridized carbons (Fsp3) is 0.500. The number of H-pyrrole nitrogens is 1. The van der Waals surface area contributed by atoms with Gasteiger partial charge in [-0.1, -0.05) is 41.9 Å². The molecule has 1 aromatic carbocycles. The van der Waals surface area contributed by atoms with Crippen LogP contribution in [0.2, 0.25) is 0 Å². The number of nitrogens with zero attached hydrogens (tertiary/aromatic N) is 3. The minimum atomic E-state index is -0.843. The normalized spacial score (nSPS) is 16.9. The van der Waals surface area contributed by atoms with Crippen LogP contribution in [-0.4, -0.2) is 69.8 Å². The topological polar surface area (TPSA) is 117 Å². The molecule has 190 valence electrons. The third-order valence-electron chi connectivity index (χ3n) is 5.47. The highest BCUT2D eigenvalue weighted by atomic mass is 79.9. The summed E-state index contributed by atoms with van der Waals surface area (Å²) in [5.74, 6) is -0.0290. The van der Waals surface area contributed by atoms with E-state index in [1.165, 1.54) is 16.9 Å². The Balaban J connectivity index is 1.92. The van der Waals surface area contributed by atoms with E-state index in [1.54, 1.807) is 27.0 Å². The van der Waals surface area contributed by atoms with Crippen LogP contribution in [-0.2, 0) is 14.3 Å². The summed E-state index contributed by atoms with van der Waals surface area (Å²) in [4.78, 5) is 49.2. The average Bonchev–Trinajstić information content (AvgIpc) is 3.43. The number of benzene rings is 1. The first kappa shape index (κ1) is 26.5. The van der Waals surface area contributed by atoms with Crippen LogP contribution in [0.1, 0.15) is 46.5 Å². The second-order valence-electron chi connectivity index (χ2n) is 9.70. The fourth-order valence-electron chi connectivity index (χ4n) is 3.72. The van der Waals surface area contributed by atoms with Gasteiger partial charge in [-0.25, -0.2) is 14.6 Å². The monoisotopic (exact) mass is 549 g/mol. The Kier molecular flexibility index (Phi) is 8.09. The molecule has 35 heavy (non-hydrogen) atoms. The summed E-state index contributed by atoms with van der Waals surface area (Å²) in [7, 11) is 1.24. The van der Waals surface area contributed by atoms with Crippen LogP contribution in [0.25, 0.3) is 11.3 Å². The molecule has 0 aliphatic carbocycles. The molecule has 1 saturated heterocycles. The van der Waals surface area contributed by atoms with Crippen LogP contribution < -0.4 is 5.32 Å². The Hall–Kier alpha value is -3.08. The Labute approximate surface area is 213 Å². The number of aromatic amines is 1. The number of halogens is 1. The highest BCUT2D eigenvalue weighted by molar-refractivity contribution is 9.10. The molecule has 3 amide bonds. The van der Waals surface area contributed by atoms with Crippen molar-refractivity contribution in [2.24, 2.45) is 5.92 Å². The second-order valence-corrected chi connectivity index (χ2v) is 10.6. The lowest BCUT2D eigenvalue weighted by Gasteiger charge is -2.29. The van der Waals surface area contributed by atoms with E-state index in [2.05, 4.69) is 26.2 Å². The van der Waals surface area contributed by atoms with Gasteiger partial charge in [0.15, 0.2) is 0 Å². The maximum atomic E-state index is 13.6. The lowest BCUT2D eigenvalue weighted by molar-refractivity contribution is -0.135. The number of hydrogen-bond acceptors (Lipinski definition) is 6. The summed E-state index contributed by atoms with van der Waals surface area (Å²) in [6, 6.07) is 6.31. The molecule has 10 nitrogen and oxygen atoms in total. The SMILES string of the molecule is COC(=O)N[C@H](C(=O)N1CN(C(=O)OC(C)(C)C)C[C@H]1c1nc(-c2ccc(Br)cc2)c[nH]1)C(C)C. The van der Waals surface area contributed by atoms with E-state index < -0.39 is 29.9 Å². The van der Waals surface area contributed by atoms with Crippen LogP contribution >= 0.6 is 15.9 Å². The van der Waals surface area contributed by atoms with Gasteiger partial charge in [0.25, 0.3) is 0 Å². The number of amides is 3. The van der Waals surface area contributed by atoms with Crippen molar-refractivity contribution in [1.29, 1.82) is 0 Å². The number of aromatic nitrogens is 2. The molecular formula is C24H32BrN5O5. The maximum Gasteiger partial charge on any atom is 0.411 e. The summed E-state index contributed by atoms with van der Waals surface area (Å²) < 4.78 is 11.2. The van der Waals surface area contributed by atoms with E-state index in [-0.39, 0.29) is 25.0 Å². The smallest absolute Gasteiger partial charge is 0.411 e. The van der Waals surface area contributed by atoms with Crippen LogP contribution in [0.5, 0.6) is 0 Å². The Morgan fingerprint density at radius 3 is 2.43 bits per heavy atom.